The Hall–Kier alpha value is -2.43. The van der Waals surface area contributed by atoms with Gasteiger partial charge in [-0.2, -0.15) is 0 Å². The number of nitrogens with one attached hydrogen (secondary N) is 1. The van der Waals surface area contributed by atoms with Crippen molar-refractivity contribution < 1.29 is 13.6 Å². The quantitative estimate of drug-likeness (QED) is 0.446. The Morgan fingerprint density at radius 3 is 2.50 bits per heavy atom. The van der Waals surface area contributed by atoms with Crippen molar-refractivity contribution in [3.63, 3.8) is 0 Å². The minimum absolute atomic E-state index is 0.0570. The first-order valence-electron chi connectivity index (χ1n) is 12.0. The zero-order valence-corrected chi connectivity index (χ0v) is 18.9. The van der Waals surface area contributed by atoms with E-state index in [9.17, 15) is 13.6 Å². The first-order valence-corrected chi connectivity index (χ1v) is 12.0. The van der Waals surface area contributed by atoms with E-state index >= 15 is 0 Å². The van der Waals surface area contributed by atoms with Crippen molar-refractivity contribution in [1.29, 1.82) is 0 Å². The molecule has 3 N–H and O–H groups in total. The Labute approximate surface area is 189 Å². The van der Waals surface area contributed by atoms with Crippen LogP contribution < -0.4 is 11.1 Å². The predicted octanol–water partition coefficient (Wildman–Crippen LogP) is 6.75. The van der Waals surface area contributed by atoms with Crippen molar-refractivity contribution in [2.75, 3.05) is 11.1 Å². The molecule has 2 aliphatic rings. The summed E-state index contributed by atoms with van der Waals surface area (Å²) in [5.74, 6) is 0.272. The Morgan fingerprint density at radius 2 is 1.78 bits per heavy atom. The average Bonchev–Trinajstić information content (AvgIpc) is 3.21. The molecule has 32 heavy (non-hydrogen) atoms. The van der Waals surface area contributed by atoms with Gasteiger partial charge in [0.15, 0.2) is 0 Å². The van der Waals surface area contributed by atoms with Crippen molar-refractivity contribution in [1.82, 2.24) is 0 Å². The minimum atomic E-state index is -0.598. The number of nitrogen functional groups attached to an aromatic ring is 1. The topological polar surface area (TPSA) is 55.1 Å². The molecule has 2 atom stereocenters. The number of hydrogen-bond acceptors (Lipinski definition) is 3. The first-order chi connectivity index (χ1) is 15.4. The van der Waals surface area contributed by atoms with Crippen LogP contribution in [0.1, 0.15) is 81.0 Å². The lowest BCUT2D eigenvalue weighted by Crippen LogP contribution is -2.19. The summed E-state index contributed by atoms with van der Waals surface area (Å²) in [6, 6.07) is 7.45. The number of hydrogen-bond donors (Lipinski definition) is 2. The third kappa shape index (κ3) is 5.67. The Balaban J connectivity index is 1.42. The summed E-state index contributed by atoms with van der Waals surface area (Å²) in [6.07, 6.45) is 10.2. The van der Waals surface area contributed by atoms with Crippen LogP contribution in [0.2, 0.25) is 0 Å². The van der Waals surface area contributed by atoms with Gasteiger partial charge in [-0.05, 0) is 72.4 Å². The van der Waals surface area contributed by atoms with E-state index in [2.05, 4.69) is 18.3 Å². The number of Topliss-reactive ketones (excluding diaryl/α,β-unsaturated/α-hetero) is 1. The van der Waals surface area contributed by atoms with Gasteiger partial charge in [0.25, 0.3) is 0 Å². The van der Waals surface area contributed by atoms with Crippen molar-refractivity contribution >= 4 is 17.2 Å². The molecule has 0 amide bonds. The highest BCUT2D eigenvalue weighted by molar-refractivity contribution is 5.82. The van der Waals surface area contributed by atoms with E-state index in [0.29, 0.717) is 30.1 Å². The van der Waals surface area contributed by atoms with Crippen LogP contribution in [0.5, 0.6) is 0 Å². The van der Waals surface area contributed by atoms with Crippen LogP contribution in [0.3, 0.4) is 0 Å². The van der Waals surface area contributed by atoms with Gasteiger partial charge in [0.2, 0.25) is 0 Å². The lowest BCUT2D eigenvalue weighted by atomic mass is 9.84. The van der Waals surface area contributed by atoms with Crippen LogP contribution in [0.4, 0.5) is 20.2 Å². The highest BCUT2D eigenvalue weighted by Gasteiger charge is 2.24. The smallest absolute Gasteiger partial charge is 0.137 e. The van der Waals surface area contributed by atoms with Gasteiger partial charge in [0.1, 0.15) is 17.4 Å². The van der Waals surface area contributed by atoms with Gasteiger partial charge < -0.3 is 11.1 Å². The van der Waals surface area contributed by atoms with E-state index in [4.69, 9.17) is 5.73 Å². The third-order valence-electron chi connectivity index (χ3n) is 7.09. The molecule has 3 nitrogen and oxygen atoms in total. The molecular weight excluding hydrogens is 406 g/mol. The van der Waals surface area contributed by atoms with Gasteiger partial charge in [-0.15, -0.1) is 0 Å². The number of rotatable bonds is 8. The van der Waals surface area contributed by atoms with Gasteiger partial charge in [-0.3, -0.25) is 4.79 Å². The molecule has 0 aromatic heterocycles. The zero-order valence-electron chi connectivity index (χ0n) is 18.9. The average molecular weight is 441 g/mol. The third-order valence-corrected chi connectivity index (χ3v) is 7.09. The molecule has 0 bridgehead atoms. The maximum Gasteiger partial charge on any atom is 0.137 e. The lowest BCUT2D eigenvalue weighted by Gasteiger charge is -2.28. The summed E-state index contributed by atoms with van der Waals surface area (Å²) in [7, 11) is 0. The number of fused-ring (bicyclic) bond motifs is 1. The molecular formula is C27H34F2N2O. The molecule has 4 rings (SSSR count). The number of benzene rings is 2. The monoisotopic (exact) mass is 440 g/mol. The summed E-state index contributed by atoms with van der Waals surface area (Å²) in [5, 5.41) is 3.26. The normalized spacial score (nSPS) is 19.5. The van der Waals surface area contributed by atoms with E-state index in [1.165, 1.54) is 43.4 Å². The van der Waals surface area contributed by atoms with Gasteiger partial charge in [0, 0.05) is 30.3 Å². The maximum atomic E-state index is 13.6. The van der Waals surface area contributed by atoms with Crippen LogP contribution in [0, 0.1) is 23.5 Å². The Kier molecular flexibility index (Phi) is 7.12. The van der Waals surface area contributed by atoms with Crippen molar-refractivity contribution in [3.8, 4) is 0 Å². The first kappa shape index (κ1) is 22.8. The minimum Gasteiger partial charge on any atom is -0.398 e. The van der Waals surface area contributed by atoms with Crippen molar-refractivity contribution in [2.24, 2.45) is 11.8 Å². The summed E-state index contributed by atoms with van der Waals surface area (Å²) in [5.41, 5.74) is 10.5. The second-order valence-corrected chi connectivity index (χ2v) is 9.91. The van der Waals surface area contributed by atoms with Crippen molar-refractivity contribution in [3.05, 3.63) is 58.7 Å². The van der Waals surface area contributed by atoms with Gasteiger partial charge >= 0.3 is 0 Å². The molecule has 2 aromatic rings. The summed E-state index contributed by atoms with van der Waals surface area (Å²) in [4.78, 5) is 12.7. The zero-order chi connectivity index (χ0) is 22.7. The molecule has 0 spiro atoms. The maximum absolute atomic E-state index is 13.6. The Morgan fingerprint density at radius 1 is 1.06 bits per heavy atom. The number of nitrogens with two attached hydrogens (primary N) is 1. The van der Waals surface area contributed by atoms with Crippen LogP contribution in [-0.2, 0) is 17.6 Å². The van der Waals surface area contributed by atoms with Gasteiger partial charge in [-0.1, -0.05) is 38.7 Å². The molecule has 0 heterocycles. The van der Waals surface area contributed by atoms with E-state index in [0.717, 1.165) is 48.8 Å². The SMILES string of the molecule is CC(CC(=O)Cc1cc2c(cc1N)C(Nc1cc(F)cc(F)c1)CCC2)CC1CCCC1. The molecule has 0 aliphatic heterocycles. The summed E-state index contributed by atoms with van der Waals surface area (Å²) >= 11 is 0. The van der Waals surface area contributed by atoms with Crippen molar-refractivity contribution in [2.45, 2.75) is 77.2 Å². The highest BCUT2D eigenvalue weighted by atomic mass is 19.1. The summed E-state index contributed by atoms with van der Waals surface area (Å²) < 4.78 is 27.2. The second kappa shape index (κ2) is 10.0. The number of anilines is 2. The van der Waals surface area contributed by atoms with E-state index in [-0.39, 0.29) is 11.8 Å². The largest absolute Gasteiger partial charge is 0.398 e. The summed E-state index contributed by atoms with van der Waals surface area (Å²) in [6.45, 7) is 2.19. The molecule has 1 fully saturated rings. The highest BCUT2D eigenvalue weighted by Crippen LogP contribution is 2.36. The van der Waals surface area contributed by atoms with Gasteiger partial charge in [-0.25, -0.2) is 8.78 Å². The van der Waals surface area contributed by atoms with Crippen LogP contribution in [0.15, 0.2) is 30.3 Å². The number of ketones is 1. The fraction of sp³-hybridized carbons (Fsp3) is 0.519. The van der Waals surface area contributed by atoms with E-state index in [1.54, 1.807) is 0 Å². The fourth-order valence-electron chi connectivity index (χ4n) is 5.64. The molecule has 1 saturated carbocycles. The lowest BCUT2D eigenvalue weighted by molar-refractivity contribution is -0.119. The predicted molar refractivity (Wildman–Crippen MR) is 126 cm³/mol. The van der Waals surface area contributed by atoms with Crippen LogP contribution in [-0.4, -0.2) is 5.78 Å². The molecule has 5 heteroatoms. The van der Waals surface area contributed by atoms with E-state index < -0.39 is 11.6 Å². The van der Waals surface area contributed by atoms with Gasteiger partial charge in [0.05, 0.1) is 6.04 Å². The molecule has 0 radical (unpaired) electrons. The molecule has 2 aliphatic carbocycles. The van der Waals surface area contributed by atoms with E-state index in [1.807, 2.05) is 6.07 Å². The van der Waals surface area contributed by atoms with Crippen LogP contribution in [0.25, 0.3) is 0 Å². The molecule has 0 saturated heterocycles. The molecule has 172 valence electrons. The second-order valence-electron chi connectivity index (χ2n) is 9.91. The van der Waals surface area contributed by atoms with Crippen LogP contribution >= 0.6 is 0 Å². The number of carbonyl (C=O) groups is 1. The Bertz CT molecular complexity index is 948. The number of carbonyl (C=O) groups excluding carboxylic acids is 1. The fourth-order valence-corrected chi connectivity index (χ4v) is 5.64. The number of aryl methyl sites for hydroxylation is 1. The molecule has 2 unspecified atom stereocenters. The standard InChI is InChI=1S/C27H34F2N2O/c1-17(9-18-5-2-3-6-18)10-24(32)12-20-11-19-7-4-8-27(25(19)16-26(20)30)31-23-14-21(28)13-22(29)15-23/h11,13-18,27,31H,2-10,12,30H2,1H3. The molecule has 2 aromatic carbocycles. The number of halogens is 2.